The van der Waals surface area contributed by atoms with Crippen molar-refractivity contribution in [2.45, 2.75) is 26.7 Å². The highest BCUT2D eigenvalue weighted by Gasteiger charge is 2.28. The first-order valence-electron chi connectivity index (χ1n) is 5.42. The molecule has 1 heterocycles. The Morgan fingerprint density at radius 1 is 1.53 bits per heavy atom. The lowest BCUT2D eigenvalue weighted by Crippen LogP contribution is -2.33. The van der Waals surface area contributed by atoms with Crippen LogP contribution in [0.15, 0.2) is 0 Å². The Balaban J connectivity index is 2.30. The number of carbonyl (C=O) groups is 1. The van der Waals surface area contributed by atoms with E-state index in [1.165, 1.54) is 0 Å². The van der Waals surface area contributed by atoms with E-state index in [0.717, 1.165) is 6.42 Å². The third-order valence-electron chi connectivity index (χ3n) is 2.95. The molecule has 2 unspecified atom stereocenters. The van der Waals surface area contributed by atoms with E-state index in [1.807, 2.05) is 13.8 Å². The van der Waals surface area contributed by atoms with Gasteiger partial charge in [0, 0.05) is 12.5 Å². The van der Waals surface area contributed by atoms with E-state index < -0.39 is 9.84 Å². The number of amides is 1. The lowest BCUT2D eigenvalue weighted by atomic mass is 10.1. The van der Waals surface area contributed by atoms with Crippen LogP contribution in [0.2, 0.25) is 0 Å². The molecule has 1 fully saturated rings. The molecule has 1 amide bonds. The Morgan fingerprint density at radius 2 is 2.20 bits per heavy atom. The molecule has 1 aliphatic heterocycles. The summed E-state index contributed by atoms with van der Waals surface area (Å²) in [5.74, 6) is 0.665. The maximum absolute atomic E-state index is 11.4. The Morgan fingerprint density at radius 3 is 2.67 bits per heavy atom. The van der Waals surface area contributed by atoms with Crippen LogP contribution in [-0.2, 0) is 14.6 Å². The van der Waals surface area contributed by atoms with Gasteiger partial charge < -0.3 is 5.32 Å². The smallest absolute Gasteiger partial charge is 0.222 e. The van der Waals surface area contributed by atoms with Gasteiger partial charge in [0.05, 0.1) is 11.5 Å². The zero-order valence-corrected chi connectivity index (χ0v) is 10.1. The van der Waals surface area contributed by atoms with Crippen LogP contribution in [0, 0.1) is 11.8 Å². The van der Waals surface area contributed by atoms with Crippen molar-refractivity contribution >= 4 is 15.7 Å². The molecular formula is C10H19NO3S. The fourth-order valence-electron chi connectivity index (χ4n) is 1.64. The molecule has 0 aromatic rings. The van der Waals surface area contributed by atoms with E-state index >= 15 is 0 Å². The average molecular weight is 233 g/mol. The Kier molecular flexibility index (Phi) is 4.13. The van der Waals surface area contributed by atoms with E-state index in [9.17, 15) is 13.2 Å². The monoisotopic (exact) mass is 233 g/mol. The summed E-state index contributed by atoms with van der Waals surface area (Å²) in [4.78, 5) is 11.4. The standard InChI is InChI=1S/C10H19NO3S/c1-3-8(2)10(12)11-6-9-4-5-15(13,14)7-9/h8-9H,3-7H2,1-2H3,(H,11,12). The zero-order chi connectivity index (χ0) is 11.5. The molecule has 1 aliphatic rings. The van der Waals surface area contributed by atoms with Crippen LogP contribution in [0.4, 0.5) is 0 Å². The molecule has 0 saturated carbocycles. The number of sulfone groups is 1. The summed E-state index contributed by atoms with van der Waals surface area (Å²) in [6.07, 6.45) is 1.50. The molecule has 0 aromatic heterocycles. The second kappa shape index (κ2) is 4.96. The minimum atomic E-state index is -2.82. The van der Waals surface area contributed by atoms with Crippen molar-refractivity contribution in [1.82, 2.24) is 5.32 Å². The van der Waals surface area contributed by atoms with Gasteiger partial charge in [-0.2, -0.15) is 0 Å². The highest BCUT2D eigenvalue weighted by Crippen LogP contribution is 2.17. The van der Waals surface area contributed by atoms with Gasteiger partial charge >= 0.3 is 0 Å². The molecule has 0 spiro atoms. The second-order valence-corrected chi connectivity index (χ2v) is 6.55. The van der Waals surface area contributed by atoms with Gasteiger partial charge in [-0.15, -0.1) is 0 Å². The molecule has 0 bridgehead atoms. The van der Waals surface area contributed by atoms with Gasteiger partial charge in [0.2, 0.25) is 5.91 Å². The molecule has 1 rings (SSSR count). The van der Waals surface area contributed by atoms with Gasteiger partial charge in [-0.3, -0.25) is 4.79 Å². The van der Waals surface area contributed by atoms with Crippen molar-refractivity contribution in [1.29, 1.82) is 0 Å². The lowest BCUT2D eigenvalue weighted by molar-refractivity contribution is -0.124. The molecule has 4 nitrogen and oxygen atoms in total. The first-order valence-corrected chi connectivity index (χ1v) is 7.25. The molecule has 0 radical (unpaired) electrons. The number of nitrogens with one attached hydrogen (secondary N) is 1. The van der Waals surface area contributed by atoms with Crippen molar-refractivity contribution in [3.05, 3.63) is 0 Å². The summed E-state index contributed by atoms with van der Waals surface area (Å²) < 4.78 is 22.3. The quantitative estimate of drug-likeness (QED) is 0.772. The van der Waals surface area contributed by atoms with E-state index in [-0.39, 0.29) is 29.2 Å². The maximum atomic E-state index is 11.4. The number of hydrogen-bond acceptors (Lipinski definition) is 3. The van der Waals surface area contributed by atoms with Crippen LogP contribution in [0.5, 0.6) is 0 Å². The Bertz CT molecular complexity index is 324. The molecular weight excluding hydrogens is 214 g/mol. The first-order chi connectivity index (χ1) is 6.94. The van der Waals surface area contributed by atoms with Gasteiger partial charge in [-0.25, -0.2) is 8.42 Å². The maximum Gasteiger partial charge on any atom is 0.222 e. The molecule has 2 atom stereocenters. The van der Waals surface area contributed by atoms with E-state index in [2.05, 4.69) is 5.32 Å². The Hall–Kier alpha value is -0.580. The molecule has 1 saturated heterocycles. The van der Waals surface area contributed by atoms with Crippen LogP contribution < -0.4 is 5.32 Å². The molecule has 5 heteroatoms. The molecule has 15 heavy (non-hydrogen) atoms. The highest BCUT2D eigenvalue weighted by atomic mass is 32.2. The van der Waals surface area contributed by atoms with Crippen LogP contribution >= 0.6 is 0 Å². The fraction of sp³-hybridized carbons (Fsp3) is 0.900. The third kappa shape index (κ3) is 3.81. The first kappa shape index (κ1) is 12.5. The molecule has 1 N–H and O–H groups in total. The van der Waals surface area contributed by atoms with E-state index in [4.69, 9.17) is 0 Å². The number of hydrogen-bond donors (Lipinski definition) is 1. The fourth-order valence-corrected chi connectivity index (χ4v) is 3.50. The van der Waals surface area contributed by atoms with Crippen molar-refractivity contribution in [3.8, 4) is 0 Å². The lowest BCUT2D eigenvalue weighted by Gasteiger charge is -2.12. The van der Waals surface area contributed by atoms with E-state index in [0.29, 0.717) is 13.0 Å². The van der Waals surface area contributed by atoms with Crippen molar-refractivity contribution in [2.75, 3.05) is 18.1 Å². The summed E-state index contributed by atoms with van der Waals surface area (Å²) in [5.41, 5.74) is 0. The topological polar surface area (TPSA) is 63.2 Å². The largest absolute Gasteiger partial charge is 0.356 e. The van der Waals surface area contributed by atoms with Crippen LogP contribution in [0.1, 0.15) is 26.7 Å². The van der Waals surface area contributed by atoms with Crippen molar-refractivity contribution < 1.29 is 13.2 Å². The van der Waals surface area contributed by atoms with Gasteiger partial charge in [0.1, 0.15) is 0 Å². The van der Waals surface area contributed by atoms with Crippen LogP contribution in [0.3, 0.4) is 0 Å². The summed E-state index contributed by atoms with van der Waals surface area (Å²) in [5, 5.41) is 2.81. The third-order valence-corrected chi connectivity index (χ3v) is 4.79. The predicted molar refractivity (Wildman–Crippen MR) is 59.2 cm³/mol. The van der Waals surface area contributed by atoms with Gasteiger partial charge in [0.25, 0.3) is 0 Å². The SMILES string of the molecule is CCC(C)C(=O)NCC1CCS(=O)(=O)C1. The van der Waals surface area contributed by atoms with Crippen molar-refractivity contribution in [3.63, 3.8) is 0 Å². The average Bonchev–Trinajstić information content (AvgIpc) is 2.53. The number of carbonyl (C=O) groups excluding carboxylic acids is 1. The van der Waals surface area contributed by atoms with Gasteiger partial charge in [-0.05, 0) is 18.8 Å². The second-order valence-electron chi connectivity index (χ2n) is 4.32. The summed E-state index contributed by atoms with van der Waals surface area (Å²) in [6, 6.07) is 0. The summed E-state index contributed by atoms with van der Waals surface area (Å²) in [6.45, 7) is 4.34. The van der Waals surface area contributed by atoms with E-state index in [1.54, 1.807) is 0 Å². The summed E-state index contributed by atoms with van der Waals surface area (Å²) in [7, 11) is -2.82. The molecule has 0 aromatic carbocycles. The van der Waals surface area contributed by atoms with Crippen LogP contribution in [-0.4, -0.2) is 32.4 Å². The number of rotatable bonds is 4. The van der Waals surface area contributed by atoms with Crippen molar-refractivity contribution in [2.24, 2.45) is 11.8 Å². The Labute approximate surface area is 91.4 Å². The molecule has 0 aliphatic carbocycles. The van der Waals surface area contributed by atoms with Gasteiger partial charge in [-0.1, -0.05) is 13.8 Å². The minimum Gasteiger partial charge on any atom is -0.356 e. The molecule has 88 valence electrons. The van der Waals surface area contributed by atoms with Crippen LogP contribution in [0.25, 0.3) is 0 Å². The zero-order valence-electron chi connectivity index (χ0n) is 9.32. The summed E-state index contributed by atoms with van der Waals surface area (Å²) >= 11 is 0. The predicted octanol–water partition coefficient (Wildman–Crippen LogP) is 0.583. The highest BCUT2D eigenvalue weighted by molar-refractivity contribution is 7.91. The normalized spacial score (nSPS) is 26.1. The van der Waals surface area contributed by atoms with Gasteiger partial charge in [0.15, 0.2) is 9.84 Å². The minimum absolute atomic E-state index is 0.0167.